The van der Waals surface area contributed by atoms with Gasteiger partial charge in [-0.15, -0.1) is 0 Å². The van der Waals surface area contributed by atoms with E-state index in [1.165, 1.54) is 4.90 Å². The molecule has 5 rings (SSSR count). The zero-order valence-corrected chi connectivity index (χ0v) is 22.5. The molecular weight excluding hydrogens is 515 g/mol. The van der Waals surface area contributed by atoms with Crippen LogP contribution in [0.15, 0.2) is 84.9 Å². The number of alkyl halides is 1. The Balaban J connectivity index is 1.45. The van der Waals surface area contributed by atoms with Crippen molar-refractivity contribution in [2.24, 2.45) is 0 Å². The van der Waals surface area contributed by atoms with Gasteiger partial charge in [0, 0.05) is 37.4 Å². The van der Waals surface area contributed by atoms with Gasteiger partial charge < -0.3 is 19.8 Å². The molecule has 0 spiro atoms. The van der Waals surface area contributed by atoms with Crippen molar-refractivity contribution >= 4 is 17.3 Å². The van der Waals surface area contributed by atoms with E-state index < -0.39 is 30.5 Å². The molecule has 2 unspecified atom stereocenters. The molecule has 40 heavy (non-hydrogen) atoms. The van der Waals surface area contributed by atoms with E-state index in [0.29, 0.717) is 36.9 Å². The van der Waals surface area contributed by atoms with E-state index in [0.717, 1.165) is 23.9 Å². The van der Waals surface area contributed by atoms with Crippen LogP contribution in [0.25, 0.3) is 5.57 Å². The summed E-state index contributed by atoms with van der Waals surface area (Å²) in [6.45, 7) is -0.343. The number of amides is 2. The number of carbonyl (C=O) groups excluding carboxylic acids is 1. The van der Waals surface area contributed by atoms with Gasteiger partial charge in [0.05, 0.1) is 12.6 Å². The van der Waals surface area contributed by atoms with Gasteiger partial charge in [-0.3, -0.25) is 0 Å². The Morgan fingerprint density at radius 2 is 1.70 bits per heavy atom. The molecule has 8 heteroatoms. The molecule has 0 saturated carbocycles. The van der Waals surface area contributed by atoms with E-state index in [-0.39, 0.29) is 30.2 Å². The van der Waals surface area contributed by atoms with Crippen molar-refractivity contribution in [2.75, 3.05) is 38.3 Å². The first-order valence-electron chi connectivity index (χ1n) is 13.6. The van der Waals surface area contributed by atoms with Crippen molar-refractivity contribution in [2.45, 2.75) is 36.9 Å². The molecule has 2 aliphatic heterocycles. The maximum atomic E-state index is 14.8. The number of urea groups is 1. The van der Waals surface area contributed by atoms with Crippen LogP contribution in [0, 0.1) is 11.6 Å². The Hall–Kier alpha value is -3.78. The normalized spacial score (nSPS) is 23.1. The number of anilines is 1. The van der Waals surface area contributed by atoms with Crippen LogP contribution in [0.2, 0.25) is 0 Å². The average molecular weight is 550 g/mol. The molecule has 1 saturated heterocycles. The molecule has 0 aromatic heterocycles. The van der Waals surface area contributed by atoms with Crippen molar-refractivity contribution < 1.29 is 23.1 Å². The van der Waals surface area contributed by atoms with Crippen molar-refractivity contribution in [1.29, 1.82) is 0 Å². The summed E-state index contributed by atoms with van der Waals surface area (Å²) in [5.74, 6) is -1.19. The first kappa shape index (κ1) is 27.8. The summed E-state index contributed by atoms with van der Waals surface area (Å²) in [6, 6.07) is 21.3. The van der Waals surface area contributed by atoms with Crippen LogP contribution in [0.3, 0.4) is 0 Å². The fraction of sp³-hybridized carbons (Fsp3) is 0.344. The molecule has 2 aliphatic rings. The van der Waals surface area contributed by atoms with Gasteiger partial charge in [-0.25, -0.2) is 18.0 Å². The molecule has 0 radical (unpaired) electrons. The van der Waals surface area contributed by atoms with E-state index in [4.69, 9.17) is 0 Å². The number of halogens is 3. The molecule has 3 aromatic rings. The number of rotatable bonds is 6. The topological polar surface area (TPSA) is 47.0 Å². The smallest absolute Gasteiger partial charge is 0.321 e. The van der Waals surface area contributed by atoms with E-state index in [1.54, 1.807) is 18.0 Å². The lowest BCUT2D eigenvalue weighted by Crippen LogP contribution is -2.54. The minimum Gasteiger partial charge on any atom is -0.393 e. The van der Waals surface area contributed by atoms with Gasteiger partial charge >= 0.3 is 6.03 Å². The lowest BCUT2D eigenvalue weighted by atomic mass is 9.89. The second-order valence-corrected chi connectivity index (χ2v) is 10.6. The lowest BCUT2D eigenvalue weighted by Gasteiger charge is -2.41. The molecule has 0 bridgehead atoms. The van der Waals surface area contributed by atoms with Crippen LogP contribution in [0.1, 0.15) is 30.4 Å². The Bertz CT molecular complexity index is 1350. The van der Waals surface area contributed by atoms with Gasteiger partial charge in [-0.05, 0) is 66.8 Å². The van der Waals surface area contributed by atoms with Crippen LogP contribution >= 0.6 is 0 Å². The minimum absolute atomic E-state index is 0.00499. The molecule has 2 heterocycles. The van der Waals surface area contributed by atoms with Crippen LogP contribution in [-0.4, -0.2) is 66.4 Å². The standard InChI is InChI=1S/C32H34F3N3O2/c1-36(26-13-14-28(20-33)37(17-16-26)27-10-6-3-7-11-27)31(40)38-21-23(29-18-25(34)12-15-30(29)35)19-32(38,22-39)24-8-4-2-5-9-24/h2-12,15,18-19,26,28,39H,13-14,16-17,20-22H2,1H3/t26?,28?,32-/m1/s1. The van der Waals surface area contributed by atoms with E-state index in [2.05, 4.69) is 4.90 Å². The molecule has 3 aromatic carbocycles. The SMILES string of the molecule is CN(C(=O)N1CC(c2cc(F)ccc2F)=C[C@@]1(CO)c1ccccc1)C1CCC(CF)N(c2ccccc2)CC1. The number of hydrogen-bond donors (Lipinski definition) is 1. The van der Waals surface area contributed by atoms with Crippen LogP contribution in [-0.2, 0) is 5.54 Å². The van der Waals surface area contributed by atoms with Gasteiger partial charge in [-0.2, -0.15) is 0 Å². The van der Waals surface area contributed by atoms with Crippen molar-refractivity contribution in [3.63, 3.8) is 0 Å². The van der Waals surface area contributed by atoms with Gasteiger partial charge in [0.25, 0.3) is 0 Å². The highest BCUT2D eigenvalue weighted by molar-refractivity contribution is 5.83. The Kier molecular flexibility index (Phi) is 8.17. The van der Waals surface area contributed by atoms with Gasteiger partial charge in [0.15, 0.2) is 0 Å². The summed E-state index contributed by atoms with van der Waals surface area (Å²) in [7, 11) is 1.73. The summed E-state index contributed by atoms with van der Waals surface area (Å²) in [6.07, 6.45) is 3.51. The minimum atomic E-state index is -1.26. The second-order valence-electron chi connectivity index (χ2n) is 10.6. The number of benzene rings is 3. The highest BCUT2D eigenvalue weighted by Gasteiger charge is 2.46. The summed E-state index contributed by atoms with van der Waals surface area (Å²) in [5, 5.41) is 10.8. The molecule has 210 valence electrons. The van der Waals surface area contributed by atoms with Gasteiger partial charge in [-0.1, -0.05) is 48.5 Å². The van der Waals surface area contributed by atoms with Crippen LogP contribution in [0.5, 0.6) is 0 Å². The lowest BCUT2D eigenvalue weighted by molar-refractivity contribution is 0.0779. The van der Waals surface area contributed by atoms with E-state index >= 15 is 0 Å². The quantitative estimate of drug-likeness (QED) is 0.410. The summed E-state index contributed by atoms with van der Waals surface area (Å²) >= 11 is 0. The van der Waals surface area contributed by atoms with Gasteiger partial charge in [0.1, 0.15) is 23.8 Å². The molecule has 3 atom stereocenters. The van der Waals surface area contributed by atoms with Gasteiger partial charge in [0.2, 0.25) is 0 Å². The van der Waals surface area contributed by atoms with Crippen LogP contribution < -0.4 is 4.90 Å². The first-order chi connectivity index (χ1) is 19.4. The Morgan fingerprint density at radius 1 is 1.00 bits per heavy atom. The van der Waals surface area contributed by atoms with Crippen LogP contribution in [0.4, 0.5) is 23.7 Å². The number of aliphatic hydroxyl groups is 1. The van der Waals surface area contributed by atoms with Crippen molar-refractivity contribution in [3.8, 4) is 0 Å². The maximum absolute atomic E-state index is 14.8. The highest BCUT2D eigenvalue weighted by atomic mass is 19.1. The number of para-hydroxylation sites is 1. The highest BCUT2D eigenvalue weighted by Crippen LogP contribution is 2.41. The summed E-state index contributed by atoms with van der Waals surface area (Å²) in [4.78, 5) is 19.5. The zero-order valence-electron chi connectivity index (χ0n) is 22.5. The second kappa shape index (κ2) is 11.8. The number of hydrogen-bond acceptors (Lipinski definition) is 3. The number of carbonyl (C=O) groups is 1. The average Bonchev–Trinajstić information content (AvgIpc) is 3.26. The van der Waals surface area contributed by atoms with E-state index in [9.17, 15) is 23.1 Å². The monoisotopic (exact) mass is 549 g/mol. The fourth-order valence-corrected chi connectivity index (χ4v) is 6.07. The third-order valence-corrected chi connectivity index (χ3v) is 8.34. The predicted octanol–water partition coefficient (Wildman–Crippen LogP) is 6.00. The molecule has 5 nitrogen and oxygen atoms in total. The maximum Gasteiger partial charge on any atom is 0.321 e. The first-order valence-corrected chi connectivity index (χ1v) is 13.6. The molecular formula is C32H34F3N3O2. The predicted molar refractivity (Wildman–Crippen MR) is 151 cm³/mol. The Morgan fingerprint density at radius 3 is 2.38 bits per heavy atom. The zero-order chi connectivity index (χ0) is 28.3. The van der Waals surface area contributed by atoms with Crippen molar-refractivity contribution in [3.05, 3.63) is 108 Å². The molecule has 1 N–H and O–H groups in total. The molecule has 0 aliphatic carbocycles. The summed E-state index contributed by atoms with van der Waals surface area (Å²) in [5.41, 5.74) is 0.840. The molecule has 1 fully saturated rings. The Labute approximate surface area is 233 Å². The molecule has 2 amide bonds. The third kappa shape index (κ3) is 5.20. The fourth-order valence-electron chi connectivity index (χ4n) is 6.07. The summed E-state index contributed by atoms with van der Waals surface area (Å²) < 4.78 is 43.1. The van der Waals surface area contributed by atoms with E-state index in [1.807, 2.05) is 60.7 Å². The van der Waals surface area contributed by atoms with Crippen molar-refractivity contribution in [1.82, 2.24) is 9.80 Å². The largest absolute Gasteiger partial charge is 0.393 e. The number of nitrogens with zero attached hydrogens (tertiary/aromatic N) is 3. The number of aliphatic hydroxyl groups excluding tert-OH is 1. The third-order valence-electron chi connectivity index (χ3n) is 8.34.